The van der Waals surface area contributed by atoms with Crippen molar-refractivity contribution in [1.29, 1.82) is 0 Å². The summed E-state index contributed by atoms with van der Waals surface area (Å²) in [6, 6.07) is 0. The van der Waals surface area contributed by atoms with E-state index in [2.05, 4.69) is 35.3 Å². The number of anilines is 2. The minimum atomic E-state index is -3.54. The summed E-state index contributed by atoms with van der Waals surface area (Å²) < 4.78 is 45.3. The summed E-state index contributed by atoms with van der Waals surface area (Å²) >= 11 is 3.03. The second-order valence-electron chi connectivity index (χ2n) is 3.20. The molecule has 8 nitrogen and oxygen atoms in total. The summed E-state index contributed by atoms with van der Waals surface area (Å²) in [5, 5.41) is 0. The molecule has 0 unspecified atom stereocenters. The first-order valence-electron chi connectivity index (χ1n) is 4.08. The number of hydrogen-bond donors (Lipinski definition) is 4. The molecule has 0 amide bonds. The number of nitrogens with one attached hydrogen (secondary N) is 2. The minimum absolute atomic E-state index is 0.0684. The Morgan fingerprint density at radius 1 is 1.24 bits per heavy atom. The Morgan fingerprint density at radius 2 is 1.82 bits per heavy atom. The van der Waals surface area contributed by atoms with E-state index in [4.69, 9.17) is 0 Å². The molecule has 1 rings (SSSR count). The van der Waals surface area contributed by atoms with Crippen LogP contribution in [-0.4, -0.2) is 40.0 Å². The van der Waals surface area contributed by atoms with Crippen LogP contribution in [0.15, 0.2) is 10.8 Å². The van der Waals surface area contributed by atoms with Gasteiger partial charge >= 0.3 is 0 Å². The van der Waals surface area contributed by atoms with Gasteiger partial charge in [-0.25, -0.2) is 18.4 Å². The molecule has 1 aromatic rings. The van der Waals surface area contributed by atoms with Gasteiger partial charge in [0.1, 0.15) is 4.60 Å². The van der Waals surface area contributed by atoms with Crippen molar-refractivity contribution in [2.45, 2.75) is 0 Å². The third-order valence-corrected chi connectivity index (χ3v) is 2.84. The number of sulfonamides is 1. The zero-order valence-electron chi connectivity index (χ0n) is 8.88. The zero-order valence-corrected chi connectivity index (χ0v) is 12.1. The van der Waals surface area contributed by atoms with E-state index in [-0.39, 0.29) is 11.6 Å². The molecule has 1 aromatic heterocycles. The van der Waals surface area contributed by atoms with Crippen LogP contribution in [0, 0.1) is 0 Å². The average Bonchev–Trinajstić information content (AvgIpc) is 2.05. The molecule has 11 heteroatoms. The highest BCUT2D eigenvalue weighted by Crippen LogP contribution is 2.36. The lowest BCUT2D eigenvalue weighted by Crippen LogP contribution is -2.16. The smallest absolute Gasteiger partial charge is 0.231 e. The summed E-state index contributed by atoms with van der Waals surface area (Å²) in [6.45, 7) is 0. The molecule has 0 aromatic carbocycles. The summed E-state index contributed by atoms with van der Waals surface area (Å²) in [7, 11) is -6.61. The summed E-state index contributed by atoms with van der Waals surface area (Å²) in [5.41, 5.74) is 0. The summed E-state index contributed by atoms with van der Waals surface area (Å²) in [4.78, 5) is 7.64. The van der Waals surface area contributed by atoms with Crippen LogP contribution in [0.5, 0.6) is 0 Å². The molecule has 1 heterocycles. The van der Waals surface area contributed by atoms with E-state index in [1.165, 1.54) is 6.20 Å². The molecule has 0 atom stereocenters. The largest absolute Gasteiger partial charge is 0.282 e. The lowest BCUT2D eigenvalue weighted by atomic mass is 10.6. The molecule has 0 spiro atoms. The second-order valence-corrected chi connectivity index (χ2v) is 7.63. The molecular weight excluding hydrogens is 336 g/mol. The summed E-state index contributed by atoms with van der Waals surface area (Å²) in [5.74, 6) is -0.190. The van der Waals surface area contributed by atoms with Crippen LogP contribution in [0.4, 0.5) is 11.6 Å². The van der Waals surface area contributed by atoms with Crippen molar-refractivity contribution in [3.63, 3.8) is 0 Å². The predicted octanol–water partition coefficient (Wildman–Crippen LogP) is 1.32. The van der Waals surface area contributed by atoms with Gasteiger partial charge in [-0.3, -0.25) is 18.5 Å². The molecule has 17 heavy (non-hydrogen) atoms. The molecule has 0 aliphatic carbocycles. The lowest BCUT2D eigenvalue weighted by molar-refractivity contribution is 0.502. The SMILES string of the molecule is CS(O)(O)Nc1ncc(Br)nc1NS(C)(=O)=O. The van der Waals surface area contributed by atoms with E-state index >= 15 is 0 Å². The van der Waals surface area contributed by atoms with Crippen LogP contribution in [0.2, 0.25) is 0 Å². The van der Waals surface area contributed by atoms with Crippen molar-refractivity contribution in [2.75, 3.05) is 22.0 Å². The normalized spacial score (nSPS) is 13.2. The lowest BCUT2D eigenvalue weighted by Gasteiger charge is -2.28. The fourth-order valence-electron chi connectivity index (χ4n) is 0.872. The molecule has 0 aliphatic rings. The zero-order chi connectivity index (χ0) is 13.3. The van der Waals surface area contributed by atoms with Crippen molar-refractivity contribution in [1.82, 2.24) is 9.97 Å². The van der Waals surface area contributed by atoms with Crippen molar-refractivity contribution in [3.05, 3.63) is 10.8 Å². The van der Waals surface area contributed by atoms with E-state index < -0.39 is 20.8 Å². The van der Waals surface area contributed by atoms with Crippen molar-refractivity contribution in [3.8, 4) is 0 Å². The first-order chi connectivity index (χ1) is 7.57. The van der Waals surface area contributed by atoms with Crippen LogP contribution in [0.3, 0.4) is 0 Å². The van der Waals surface area contributed by atoms with E-state index in [9.17, 15) is 17.5 Å². The number of hydrogen-bond acceptors (Lipinski definition) is 7. The summed E-state index contributed by atoms with van der Waals surface area (Å²) in [6.07, 6.45) is 3.38. The number of nitrogens with zero attached hydrogens (tertiary/aromatic N) is 2. The Hall–Kier alpha value is -0.620. The van der Waals surface area contributed by atoms with E-state index in [1.54, 1.807) is 0 Å². The van der Waals surface area contributed by atoms with Gasteiger partial charge < -0.3 is 0 Å². The standard InChI is InChI=1S/C6H11BrN4O4S2/c1-16(12,13)10-5-6(11-17(2,14)15)9-4(7)3-8-5/h3,12-13H,1-2H3,(H,8,10)(H,9,11). The topological polar surface area (TPSA) is 124 Å². The van der Waals surface area contributed by atoms with Gasteiger partial charge in [0.25, 0.3) is 0 Å². The maximum atomic E-state index is 11.1. The van der Waals surface area contributed by atoms with E-state index in [0.717, 1.165) is 12.5 Å². The number of halogens is 1. The monoisotopic (exact) mass is 346 g/mol. The Balaban J connectivity index is 3.13. The highest BCUT2D eigenvalue weighted by Gasteiger charge is 2.14. The fraction of sp³-hybridized carbons (Fsp3) is 0.333. The minimum Gasteiger partial charge on any atom is -0.282 e. The quantitative estimate of drug-likeness (QED) is 0.647. The molecule has 98 valence electrons. The Morgan fingerprint density at radius 3 is 2.29 bits per heavy atom. The van der Waals surface area contributed by atoms with Gasteiger partial charge in [-0.1, -0.05) is 0 Å². The van der Waals surface area contributed by atoms with Crippen molar-refractivity contribution >= 4 is 48.4 Å². The molecule has 0 fully saturated rings. The van der Waals surface area contributed by atoms with Crippen LogP contribution < -0.4 is 9.44 Å². The third-order valence-electron chi connectivity index (χ3n) is 1.32. The first-order valence-corrected chi connectivity index (χ1v) is 8.72. The third kappa shape index (κ3) is 5.50. The Bertz CT molecular complexity index is 515. The van der Waals surface area contributed by atoms with Crippen molar-refractivity contribution < 1.29 is 17.5 Å². The Labute approximate surface area is 109 Å². The van der Waals surface area contributed by atoms with E-state index in [0.29, 0.717) is 4.60 Å². The maximum absolute atomic E-state index is 11.1. The average molecular weight is 347 g/mol. The van der Waals surface area contributed by atoms with Gasteiger partial charge in [-0.15, -0.1) is 10.8 Å². The van der Waals surface area contributed by atoms with Gasteiger partial charge in [0, 0.05) is 6.26 Å². The number of aromatic nitrogens is 2. The molecular formula is C6H11BrN4O4S2. The van der Waals surface area contributed by atoms with Crippen LogP contribution in [0.25, 0.3) is 0 Å². The second kappa shape index (κ2) is 4.94. The van der Waals surface area contributed by atoms with E-state index in [1.807, 2.05) is 0 Å². The molecule has 0 radical (unpaired) electrons. The molecule has 0 aliphatic heterocycles. The molecule has 0 bridgehead atoms. The molecule has 0 saturated carbocycles. The van der Waals surface area contributed by atoms with Crippen LogP contribution in [-0.2, 0) is 10.0 Å². The fourth-order valence-corrected chi connectivity index (χ4v) is 2.16. The highest BCUT2D eigenvalue weighted by molar-refractivity contribution is 9.10. The van der Waals surface area contributed by atoms with Gasteiger partial charge in [-0.05, 0) is 15.9 Å². The van der Waals surface area contributed by atoms with Gasteiger partial charge in [0.15, 0.2) is 11.6 Å². The predicted molar refractivity (Wildman–Crippen MR) is 70.6 cm³/mol. The molecule has 4 N–H and O–H groups in total. The first kappa shape index (κ1) is 14.4. The molecule has 0 saturated heterocycles. The Kier molecular flexibility index (Phi) is 4.19. The highest BCUT2D eigenvalue weighted by atomic mass is 79.9. The number of rotatable bonds is 4. The van der Waals surface area contributed by atoms with Gasteiger partial charge in [0.05, 0.1) is 12.5 Å². The maximum Gasteiger partial charge on any atom is 0.231 e. The van der Waals surface area contributed by atoms with Gasteiger partial charge in [0.2, 0.25) is 10.0 Å². The van der Waals surface area contributed by atoms with Crippen molar-refractivity contribution in [2.24, 2.45) is 0 Å². The van der Waals surface area contributed by atoms with Gasteiger partial charge in [-0.2, -0.15) is 0 Å². The van der Waals surface area contributed by atoms with Crippen LogP contribution >= 0.6 is 26.7 Å². The van der Waals surface area contributed by atoms with Crippen LogP contribution in [0.1, 0.15) is 0 Å².